The fraction of sp³-hybridized carbons (Fsp3) is 0.200. The molecule has 0 atom stereocenters. The van der Waals surface area contributed by atoms with Crippen molar-refractivity contribution in [3.8, 4) is 11.5 Å². The number of aryl methyl sites for hydroxylation is 1. The van der Waals surface area contributed by atoms with Crippen LogP contribution in [0.1, 0.15) is 16.7 Å². The van der Waals surface area contributed by atoms with Crippen molar-refractivity contribution < 1.29 is 22.7 Å². The maximum Gasteiger partial charge on any atom is 0.255 e. The van der Waals surface area contributed by atoms with E-state index in [-0.39, 0.29) is 11.4 Å². The number of benzene rings is 3. The van der Waals surface area contributed by atoms with E-state index in [1.54, 1.807) is 30.3 Å². The number of carbonyl (C=O) groups excluding carboxylic acids is 1. The fourth-order valence-corrected chi connectivity index (χ4v) is 4.14. The third-order valence-corrected chi connectivity index (χ3v) is 6.74. The Balaban J connectivity index is 1.56. The van der Waals surface area contributed by atoms with Gasteiger partial charge >= 0.3 is 0 Å². The number of methoxy groups -OCH3 is 1. The van der Waals surface area contributed by atoms with Crippen LogP contribution in [0.25, 0.3) is 0 Å². The Hall–Kier alpha value is -3.69. The van der Waals surface area contributed by atoms with Crippen molar-refractivity contribution in [1.29, 1.82) is 0 Å². The quantitative estimate of drug-likeness (QED) is 0.354. The van der Waals surface area contributed by atoms with E-state index in [9.17, 15) is 13.2 Å². The van der Waals surface area contributed by atoms with Gasteiger partial charge in [0.25, 0.3) is 5.91 Å². The molecule has 0 fully saturated rings. The van der Waals surface area contributed by atoms with Gasteiger partial charge in [0.1, 0.15) is 6.61 Å². The molecule has 0 aliphatic rings. The smallest absolute Gasteiger partial charge is 0.255 e. The lowest BCUT2D eigenvalue weighted by atomic mass is 10.2. The number of sulfonamides is 1. The predicted octanol–water partition coefficient (Wildman–Crippen LogP) is 3.35. The van der Waals surface area contributed by atoms with Gasteiger partial charge in [0, 0.05) is 7.05 Å². The normalized spacial score (nSPS) is 11.5. The minimum Gasteiger partial charge on any atom is -0.493 e. The zero-order valence-corrected chi connectivity index (χ0v) is 20.1. The molecule has 34 heavy (non-hydrogen) atoms. The molecule has 0 aliphatic heterocycles. The predicted molar refractivity (Wildman–Crippen MR) is 130 cm³/mol. The molecule has 9 heteroatoms. The molecule has 0 aliphatic carbocycles. The Labute approximate surface area is 199 Å². The standard InChI is InChI=1S/C25H27N3O5S/c1-19-9-12-22(13-10-19)34(30,31)28(2)17-25(29)27-26-16-21-11-14-23(24(15-21)32-3)33-18-20-7-5-4-6-8-20/h4-16H,17-18H2,1-3H3,(H,27,29)/b26-16-. The topological polar surface area (TPSA) is 97.3 Å². The molecular formula is C25H27N3O5S. The number of nitrogens with one attached hydrogen (secondary N) is 1. The molecular weight excluding hydrogens is 454 g/mol. The van der Waals surface area contributed by atoms with Gasteiger partial charge in [-0.25, -0.2) is 13.8 Å². The van der Waals surface area contributed by atoms with E-state index in [1.807, 2.05) is 37.3 Å². The van der Waals surface area contributed by atoms with Crippen LogP contribution < -0.4 is 14.9 Å². The molecule has 178 valence electrons. The molecule has 1 N–H and O–H groups in total. The van der Waals surface area contributed by atoms with Crippen LogP contribution >= 0.6 is 0 Å². The molecule has 8 nitrogen and oxygen atoms in total. The average Bonchev–Trinajstić information content (AvgIpc) is 2.84. The third kappa shape index (κ3) is 6.66. The van der Waals surface area contributed by atoms with E-state index in [0.717, 1.165) is 15.4 Å². The first kappa shape index (κ1) is 24.9. The average molecular weight is 482 g/mol. The molecule has 0 aromatic heterocycles. The van der Waals surface area contributed by atoms with Gasteiger partial charge in [0.05, 0.1) is 24.8 Å². The van der Waals surface area contributed by atoms with E-state index in [4.69, 9.17) is 9.47 Å². The number of likely N-dealkylation sites (N-methyl/N-ethyl adjacent to an activating group) is 1. The molecule has 0 spiro atoms. The van der Waals surface area contributed by atoms with Gasteiger partial charge in [0.15, 0.2) is 11.5 Å². The highest BCUT2D eigenvalue weighted by Crippen LogP contribution is 2.28. The molecule has 3 aromatic carbocycles. The van der Waals surface area contributed by atoms with Crippen LogP contribution in [0.4, 0.5) is 0 Å². The number of hydrogen-bond acceptors (Lipinski definition) is 6. The highest BCUT2D eigenvalue weighted by Gasteiger charge is 2.22. The van der Waals surface area contributed by atoms with E-state index >= 15 is 0 Å². The number of amides is 1. The van der Waals surface area contributed by atoms with E-state index in [0.29, 0.717) is 23.7 Å². The first-order valence-electron chi connectivity index (χ1n) is 10.5. The third-order valence-electron chi connectivity index (χ3n) is 4.92. The molecule has 0 bridgehead atoms. The largest absolute Gasteiger partial charge is 0.493 e. The maximum absolute atomic E-state index is 12.6. The molecule has 0 saturated heterocycles. The lowest BCUT2D eigenvalue weighted by molar-refractivity contribution is -0.121. The van der Waals surface area contributed by atoms with Crippen LogP contribution in [-0.4, -0.2) is 45.5 Å². The summed E-state index contributed by atoms with van der Waals surface area (Å²) in [5.74, 6) is 0.537. The summed E-state index contributed by atoms with van der Waals surface area (Å²) in [6.45, 7) is 1.90. The molecule has 3 rings (SSSR count). The summed E-state index contributed by atoms with van der Waals surface area (Å²) in [7, 11) is -0.893. The van der Waals surface area contributed by atoms with Crippen molar-refractivity contribution in [1.82, 2.24) is 9.73 Å². The molecule has 0 radical (unpaired) electrons. The van der Waals surface area contributed by atoms with Crippen molar-refractivity contribution in [2.24, 2.45) is 5.10 Å². The van der Waals surface area contributed by atoms with Crippen molar-refractivity contribution in [2.45, 2.75) is 18.4 Å². The van der Waals surface area contributed by atoms with Crippen molar-refractivity contribution in [3.05, 3.63) is 89.5 Å². The lowest BCUT2D eigenvalue weighted by Crippen LogP contribution is -2.36. The molecule has 3 aromatic rings. The van der Waals surface area contributed by atoms with E-state index < -0.39 is 15.9 Å². The molecule has 1 amide bonds. The van der Waals surface area contributed by atoms with Gasteiger partial charge in [-0.1, -0.05) is 48.0 Å². The number of carbonyl (C=O) groups is 1. The maximum atomic E-state index is 12.6. The van der Waals surface area contributed by atoms with Gasteiger partial charge in [-0.3, -0.25) is 4.79 Å². The number of hydrogen-bond donors (Lipinski definition) is 1. The van der Waals surface area contributed by atoms with Gasteiger partial charge in [-0.05, 0) is 48.4 Å². The summed E-state index contributed by atoms with van der Waals surface area (Å²) in [5.41, 5.74) is 5.00. The SMILES string of the molecule is COc1cc(/C=N\NC(=O)CN(C)S(=O)(=O)c2ccc(C)cc2)ccc1OCc1ccccc1. The second-order valence-electron chi connectivity index (χ2n) is 7.55. The summed E-state index contributed by atoms with van der Waals surface area (Å²) in [4.78, 5) is 12.3. The van der Waals surface area contributed by atoms with Gasteiger partial charge in [-0.2, -0.15) is 9.41 Å². The minimum absolute atomic E-state index is 0.124. The Morgan fingerprint density at radius 3 is 2.41 bits per heavy atom. The lowest BCUT2D eigenvalue weighted by Gasteiger charge is -2.16. The minimum atomic E-state index is -3.78. The summed E-state index contributed by atoms with van der Waals surface area (Å²) in [6.07, 6.45) is 1.44. The monoisotopic (exact) mass is 481 g/mol. The van der Waals surface area contributed by atoms with Gasteiger partial charge in [-0.15, -0.1) is 0 Å². The zero-order valence-electron chi connectivity index (χ0n) is 19.3. The highest BCUT2D eigenvalue weighted by atomic mass is 32.2. The highest BCUT2D eigenvalue weighted by molar-refractivity contribution is 7.89. The Kier molecular flexibility index (Phi) is 8.39. The van der Waals surface area contributed by atoms with Crippen LogP contribution in [0.5, 0.6) is 11.5 Å². The van der Waals surface area contributed by atoms with Crippen LogP contribution in [-0.2, 0) is 21.4 Å². The summed E-state index contributed by atoms with van der Waals surface area (Å²) in [5, 5.41) is 3.92. The van der Waals surface area contributed by atoms with Gasteiger partial charge in [0.2, 0.25) is 10.0 Å². The first-order valence-corrected chi connectivity index (χ1v) is 11.9. The fourth-order valence-electron chi connectivity index (χ4n) is 3.01. The number of hydrazone groups is 1. The molecule has 0 saturated carbocycles. The molecule has 0 unspecified atom stereocenters. The van der Waals surface area contributed by atoms with Gasteiger partial charge < -0.3 is 9.47 Å². The Morgan fingerprint density at radius 2 is 1.74 bits per heavy atom. The van der Waals surface area contributed by atoms with Crippen molar-refractivity contribution in [3.63, 3.8) is 0 Å². The van der Waals surface area contributed by atoms with Crippen LogP contribution in [0.3, 0.4) is 0 Å². The summed E-state index contributed by atoms with van der Waals surface area (Å²) >= 11 is 0. The molecule has 0 heterocycles. The van der Waals surface area contributed by atoms with Crippen molar-refractivity contribution >= 4 is 22.1 Å². The summed E-state index contributed by atoms with van der Waals surface area (Å²) in [6, 6.07) is 21.5. The Bertz CT molecular complexity index is 1240. The number of ether oxygens (including phenoxy) is 2. The number of nitrogens with zero attached hydrogens (tertiary/aromatic N) is 2. The van der Waals surface area contributed by atoms with E-state index in [2.05, 4.69) is 10.5 Å². The first-order chi connectivity index (χ1) is 16.3. The second kappa shape index (κ2) is 11.4. The summed E-state index contributed by atoms with van der Waals surface area (Å²) < 4.78 is 37.4. The van der Waals surface area contributed by atoms with Crippen LogP contribution in [0.15, 0.2) is 82.8 Å². The second-order valence-corrected chi connectivity index (χ2v) is 9.60. The van der Waals surface area contributed by atoms with Crippen LogP contribution in [0.2, 0.25) is 0 Å². The number of rotatable bonds is 10. The Morgan fingerprint density at radius 1 is 1.03 bits per heavy atom. The van der Waals surface area contributed by atoms with Crippen molar-refractivity contribution in [2.75, 3.05) is 20.7 Å². The van der Waals surface area contributed by atoms with E-state index in [1.165, 1.54) is 32.5 Å². The van der Waals surface area contributed by atoms with Crippen LogP contribution in [0, 0.1) is 6.92 Å². The zero-order chi connectivity index (χ0) is 24.6.